The van der Waals surface area contributed by atoms with Gasteiger partial charge in [0.25, 0.3) is 0 Å². The number of anilines is 2. The molecule has 0 saturated carbocycles. The predicted molar refractivity (Wildman–Crippen MR) is 118 cm³/mol. The summed E-state index contributed by atoms with van der Waals surface area (Å²) in [6.45, 7) is 3.02. The molecule has 0 unspecified atom stereocenters. The number of pyridine rings is 2. The number of piperidine rings is 1. The Balaban J connectivity index is 1.35. The van der Waals surface area contributed by atoms with E-state index in [9.17, 15) is 4.79 Å². The van der Waals surface area contributed by atoms with Crippen molar-refractivity contribution in [1.82, 2.24) is 19.9 Å². The van der Waals surface area contributed by atoms with Crippen LogP contribution in [0.1, 0.15) is 25.0 Å². The number of urea groups is 1. The second-order valence-corrected chi connectivity index (χ2v) is 7.91. The lowest BCUT2D eigenvalue weighted by atomic mass is 10.1. The number of carbonyl (C=O) groups excluding carboxylic acids is 1. The Morgan fingerprint density at radius 2 is 1.97 bits per heavy atom. The van der Waals surface area contributed by atoms with Crippen LogP contribution < -0.4 is 15.4 Å². The van der Waals surface area contributed by atoms with Gasteiger partial charge in [-0.2, -0.15) is 0 Å². The lowest BCUT2D eigenvalue weighted by Crippen LogP contribution is -2.29. The first-order valence-electron chi connectivity index (χ1n) is 9.92. The maximum atomic E-state index is 12.4. The van der Waals surface area contributed by atoms with Crippen molar-refractivity contribution in [3.63, 3.8) is 0 Å². The fourth-order valence-corrected chi connectivity index (χ4v) is 4.11. The number of likely N-dealkylation sites (tertiary alicyclic amines) is 1. The highest BCUT2D eigenvalue weighted by molar-refractivity contribution is 7.13. The molecule has 0 bridgehead atoms. The Hall–Kier alpha value is -3.04. The van der Waals surface area contributed by atoms with Crippen LogP contribution >= 0.6 is 11.3 Å². The fourth-order valence-electron chi connectivity index (χ4n) is 3.37. The molecule has 30 heavy (non-hydrogen) atoms. The highest BCUT2D eigenvalue weighted by atomic mass is 32.1. The van der Waals surface area contributed by atoms with Crippen LogP contribution in [0.15, 0.2) is 41.9 Å². The molecule has 1 saturated heterocycles. The minimum atomic E-state index is -0.373. The van der Waals surface area contributed by atoms with E-state index in [2.05, 4.69) is 30.5 Å². The lowest BCUT2D eigenvalue weighted by Gasteiger charge is -2.26. The minimum Gasteiger partial charge on any atom is -0.481 e. The van der Waals surface area contributed by atoms with Crippen molar-refractivity contribution in [3.05, 3.63) is 47.6 Å². The molecule has 0 aliphatic carbocycles. The minimum absolute atomic E-state index is 0.373. The molecule has 4 heterocycles. The monoisotopic (exact) mass is 424 g/mol. The molecular formula is C21H24N6O2S. The van der Waals surface area contributed by atoms with E-state index in [1.807, 2.05) is 18.2 Å². The largest absolute Gasteiger partial charge is 0.481 e. The summed E-state index contributed by atoms with van der Waals surface area (Å²) in [6.07, 6.45) is 5.45. The molecule has 1 aliphatic rings. The fraction of sp³-hybridized carbons (Fsp3) is 0.333. The van der Waals surface area contributed by atoms with Crippen LogP contribution in [0.4, 0.5) is 16.4 Å². The number of nitrogens with zero attached hydrogens (tertiary/aromatic N) is 4. The summed E-state index contributed by atoms with van der Waals surface area (Å²) in [7, 11) is 1.57. The zero-order valence-corrected chi connectivity index (χ0v) is 17.6. The summed E-state index contributed by atoms with van der Waals surface area (Å²) in [5.41, 5.74) is 1.84. The van der Waals surface area contributed by atoms with Crippen LogP contribution in [0.25, 0.3) is 10.6 Å². The Morgan fingerprint density at radius 3 is 2.80 bits per heavy atom. The number of thiazole rings is 1. The first-order valence-corrected chi connectivity index (χ1v) is 10.8. The molecule has 0 atom stereocenters. The molecule has 9 heteroatoms. The molecule has 1 fully saturated rings. The second-order valence-electron chi connectivity index (χ2n) is 7.05. The van der Waals surface area contributed by atoms with E-state index in [0.717, 1.165) is 35.9 Å². The van der Waals surface area contributed by atoms with Gasteiger partial charge in [-0.05, 0) is 44.1 Å². The van der Waals surface area contributed by atoms with Gasteiger partial charge in [-0.25, -0.2) is 19.7 Å². The van der Waals surface area contributed by atoms with Crippen LogP contribution in [0.3, 0.4) is 0 Å². The molecule has 1 aliphatic heterocycles. The topological polar surface area (TPSA) is 92.3 Å². The van der Waals surface area contributed by atoms with Crippen molar-refractivity contribution in [1.29, 1.82) is 0 Å². The Labute approximate surface area is 179 Å². The molecule has 4 rings (SSSR count). The molecule has 3 aromatic rings. The first-order chi connectivity index (χ1) is 14.7. The summed E-state index contributed by atoms with van der Waals surface area (Å²) in [5, 5.41) is 8.12. The van der Waals surface area contributed by atoms with Gasteiger partial charge in [0.2, 0.25) is 5.88 Å². The van der Waals surface area contributed by atoms with E-state index in [-0.39, 0.29) is 6.03 Å². The lowest BCUT2D eigenvalue weighted by molar-refractivity contribution is 0.218. The normalized spacial score (nSPS) is 14.3. The zero-order valence-electron chi connectivity index (χ0n) is 16.8. The predicted octanol–water partition coefficient (Wildman–Crippen LogP) is 4.24. The highest BCUT2D eigenvalue weighted by Gasteiger charge is 2.13. The standard InChI is InChI=1S/C21H24N6O2S/c1-29-19-12-15(8-9-22-19)20-24-18(14-30-20)26-21(28)25-17-7-5-6-16(23-17)13-27-10-3-2-4-11-27/h5-9,12,14H,2-4,10-11,13H2,1H3,(H2,23,25,26,28). The summed E-state index contributed by atoms with van der Waals surface area (Å²) in [5.74, 6) is 1.52. The van der Waals surface area contributed by atoms with Gasteiger partial charge in [-0.15, -0.1) is 11.3 Å². The molecule has 0 aromatic carbocycles. The number of nitrogens with one attached hydrogen (secondary N) is 2. The Kier molecular flexibility index (Phi) is 6.50. The third-order valence-corrected chi connectivity index (χ3v) is 5.71. The molecule has 0 spiro atoms. The zero-order chi connectivity index (χ0) is 20.8. The van der Waals surface area contributed by atoms with Crippen LogP contribution in [0.2, 0.25) is 0 Å². The number of carbonyl (C=O) groups is 1. The van der Waals surface area contributed by atoms with Crippen LogP contribution in [0, 0.1) is 0 Å². The molecule has 0 radical (unpaired) electrons. The van der Waals surface area contributed by atoms with Crippen molar-refractivity contribution in [2.75, 3.05) is 30.8 Å². The number of amides is 2. The molecule has 156 valence electrons. The van der Waals surface area contributed by atoms with Gasteiger partial charge < -0.3 is 4.74 Å². The SMILES string of the molecule is COc1cc(-c2nc(NC(=O)Nc3cccc(CN4CCCCC4)n3)cs2)ccn1. The molecule has 3 aromatic heterocycles. The number of hydrogen-bond acceptors (Lipinski definition) is 7. The third kappa shape index (κ3) is 5.31. The number of hydrogen-bond donors (Lipinski definition) is 2. The number of methoxy groups -OCH3 is 1. The number of rotatable bonds is 6. The van der Waals surface area contributed by atoms with E-state index in [1.54, 1.807) is 30.8 Å². The van der Waals surface area contributed by atoms with Gasteiger partial charge in [-0.1, -0.05) is 12.5 Å². The smallest absolute Gasteiger partial charge is 0.326 e. The van der Waals surface area contributed by atoms with Crippen molar-refractivity contribution in [2.24, 2.45) is 0 Å². The van der Waals surface area contributed by atoms with E-state index in [0.29, 0.717) is 17.5 Å². The van der Waals surface area contributed by atoms with Gasteiger partial charge in [0.15, 0.2) is 0 Å². The van der Waals surface area contributed by atoms with E-state index < -0.39 is 0 Å². The summed E-state index contributed by atoms with van der Waals surface area (Å²) >= 11 is 1.43. The first kappa shape index (κ1) is 20.2. The highest BCUT2D eigenvalue weighted by Crippen LogP contribution is 2.27. The molecule has 2 amide bonds. The summed E-state index contributed by atoms with van der Waals surface area (Å²) < 4.78 is 5.15. The van der Waals surface area contributed by atoms with Gasteiger partial charge >= 0.3 is 6.03 Å². The van der Waals surface area contributed by atoms with Crippen molar-refractivity contribution < 1.29 is 9.53 Å². The van der Waals surface area contributed by atoms with Crippen LogP contribution in [-0.4, -0.2) is 46.1 Å². The Morgan fingerprint density at radius 1 is 1.13 bits per heavy atom. The van der Waals surface area contributed by atoms with Crippen molar-refractivity contribution >= 4 is 29.0 Å². The molecular weight excluding hydrogens is 400 g/mol. The number of aromatic nitrogens is 3. The van der Waals surface area contributed by atoms with Crippen LogP contribution in [0.5, 0.6) is 5.88 Å². The maximum Gasteiger partial charge on any atom is 0.326 e. The summed E-state index contributed by atoms with van der Waals surface area (Å²) in [4.78, 5) is 27.9. The molecule has 8 nitrogen and oxygen atoms in total. The van der Waals surface area contributed by atoms with Crippen molar-refractivity contribution in [2.45, 2.75) is 25.8 Å². The number of ether oxygens (including phenoxy) is 1. The van der Waals surface area contributed by atoms with Gasteiger partial charge in [0.05, 0.1) is 12.8 Å². The maximum absolute atomic E-state index is 12.4. The Bertz CT molecular complexity index is 1000. The molecule has 2 N–H and O–H groups in total. The quantitative estimate of drug-likeness (QED) is 0.615. The van der Waals surface area contributed by atoms with Gasteiger partial charge in [0.1, 0.15) is 16.6 Å². The second kappa shape index (κ2) is 9.64. The van der Waals surface area contributed by atoms with E-state index in [1.165, 1.54) is 30.6 Å². The van der Waals surface area contributed by atoms with E-state index >= 15 is 0 Å². The van der Waals surface area contributed by atoms with E-state index in [4.69, 9.17) is 4.74 Å². The van der Waals surface area contributed by atoms with Gasteiger partial charge in [0, 0.05) is 29.8 Å². The van der Waals surface area contributed by atoms with Gasteiger partial charge in [-0.3, -0.25) is 15.5 Å². The average Bonchev–Trinajstić information content (AvgIpc) is 3.23. The van der Waals surface area contributed by atoms with Crippen molar-refractivity contribution in [3.8, 4) is 16.5 Å². The third-order valence-electron chi connectivity index (χ3n) is 4.82. The average molecular weight is 425 g/mol. The summed E-state index contributed by atoms with van der Waals surface area (Å²) in [6, 6.07) is 8.98. The van der Waals surface area contributed by atoms with Crippen LogP contribution in [-0.2, 0) is 6.54 Å².